The van der Waals surface area contributed by atoms with Gasteiger partial charge in [0.25, 0.3) is 0 Å². The summed E-state index contributed by atoms with van der Waals surface area (Å²) >= 11 is 5.81. The molecule has 3 heterocycles. The summed E-state index contributed by atoms with van der Waals surface area (Å²) in [6.07, 6.45) is 7.25. The number of hydrogen-bond donors (Lipinski definition) is 2. The van der Waals surface area contributed by atoms with E-state index in [0.717, 1.165) is 11.4 Å². The summed E-state index contributed by atoms with van der Waals surface area (Å²) in [6.45, 7) is 4.98. The molecular weight excluding hydrogens is 454 g/mol. The molecule has 0 radical (unpaired) electrons. The van der Waals surface area contributed by atoms with Crippen molar-refractivity contribution in [1.82, 2.24) is 19.8 Å². The Morgan fingerprint density at radius 3 is 2.57 bits per heavy atom. The largest absolute Gasteiger partial charge is 0.352 e. The number of aryl methyl sites for hydroxylation is 1. The molecule has 1 saturated heterocycles. The predicted octanol–water partition coefficient (Wildman–Crippen LogP) is 5.62. The van der Waals surface area contributed by atoms with Crippen LogP contribution >= 0.6 is 12.2 Å². The van der Waals surface area contributed by atoms with E-state index in [1.54, 1.807) is 0 Å². The van der Waals surface area contributed by atoms with Crippen LogP contribution in [0.15, 0.2) is 60.8 Å². The summed E-state index contributed by atoms with van der Waals surface area (Å²) in [7, 11) is 0. The number of aromatic nitrogens is 2. The van der Waals surface area contributed by atoms with Crippen LogP contribution in [0, 0.1) is 13.8 Å². The first-order valence-corrected chi connectivity index (χ1v) is 12.9. The first kappa shape index (κ1) is 23.5. The van der Waals surface area contributed by atoms with Crippen LogP contribution < -0.4 is 10.6 Å². The normalized spacial score (nSPS) is 20.3. The molecule has 1 aromatic carbocycles. The number of carbonyl (C=O) groups is 1. The topological polar surface area (TPSA) is 62.2 Å². The molecule has 0 spiro atoms. The maximum Gasteiger partial charge on any atom is 0.226 e. The van der Waals surface area contributed by atoms with Crippen molar-refractivity contribution < 1.29 is 4.79 Å². The molecular formula is C28H33N5OS. The third kappa shape index (κ3) is 4.82. The van der Waals surface area contributed by atoms with Crippen molar-refractivity contribution in [2.45, 2.75) is 64.1 Å². The Morgan fingerprint density at radius 2 is 1.86 bits per heavy atom. The van der Waals surface area contributed by atoms with Gasteiger partial charge in [-0.15, -0.1) is 0 Å². The van der Waals surface area contributed by atoms with E-state index in [2.05, 4.69) is 51.1 Å². The molecule has 2 aliphatic rings. The molecule has 1 aliphatic heterocycles. The molecule has 2 fully saturated rings. The van der Waals surface area contributed by atoms with Crippen LogP contribution in [-0.2, 0) is 4.79 Å². The Bertz CT molecular complexity index is 1190. The molecule has 35 heavy (non-hydrogen) atoms. The van der Waals surface area contributed by atoms with Gasteiger partial charge in [-0.25, -0.2) is 0 Å². The molecule has 2 atom stereocenters. The van der Waals surface area contributed by atoms with Crippen molar-refractivity contribution in [3.05, 3.63) is 83.4 Å². The zero-order valence-corrected chi connectivity index (χ0v) is 21.2. The standard InChI is InChI=1S/C28H33N5OS/c1-19-18-23(20(2)33(19)22-12-6-7-13-22)27-26(24-14-8-9-16-29-24)31-28(35)32(27)17-15-25(34)30-21-10-4-3-5-11-21/h3-5,8-11,14,16,18,22,26-27H,6-7,12-13,15,17H2,1-2H3,(H,30,34)(H,31,35)/t26-,27-/m0/s1. The van der Waals surface area contributed by atoms with E-state index in [0.29, 0.717) is 24.1 Å². The smallest absolute Gasteiger partial charge is 0.226 e. The number of carbonyl (C=O) groups excluding carboxylic acids is 1. The third-order valence-electron chi connectivity index (χ3n) is 7.37. The van der Waals surface area contributed by atoms with Gasteiger partial charge >= 0.3 is 0 Å². The summed E-state index contributed by atoms with van der Waals surface area (Å²) in [5.74, 6) is -0.0181. The van der Waals surface area contributed by atoms with E-state index in [9.17, 15) is 4.79 Å². The lowest BCUT2D eigenvalue weighted by molar-refractivity contribution is -0.116. The zero-order chi connectivity index (χ0) is 24.4. The van der Waals surface area contributed by atoms with Crippen molar-refractivity contribution in [3.63, 3.8) is 0 Å². The molecule has 0 bridgehead atoms. The second-order valence-corrected chi connectivity index (χ2v) is 10.0. The fraction of sp³-hybridized carbons (Fsp3) is 0.393. The summed E-state index contributed by atoms with van der Waals surface area (Å²) < 4.78 is 2.53. The second-order valence-electron chi connectivity index (χ2n) is 9.62. The van der Waals surface area contributed by atoms with Crippen LogP contribution in [0.5, 0.6) is 0 Å². The molecule has 1 amide bonds. The molecule has 7 heteroatoms. The Labute approximate surface area is 212 Å². The molecule has 3 aromatic rings. The first-order valence-electron chi connectivity index (χ1n) is 12.5. The summed E-state index contributed by atoms with van der Waals surface area (Å²) in [5.41, 5.74) is 5.62. The molecule has 5 rings (SSSR count). The summed E-state index contributed by atoms with van der Waals surface area (Å²) in [6, 6.07) is 18.4. The minimum absolute atomic E-state index is 0.0181. The number of anilines is 1. The number of pyridine rings is 1. The minimum atomic E-state index is -0.0709. The van der Waals surface area contributed by atoms with Crippen LogP contribution in [0.2, 0.25) is 0 Å². The average molecular weight is 488 g/mol. The number of amides is 1. The van der Waals surface area contributed by atoms with E-state index >= 15 is 0 Å². The van der Waals surface area contributed by atoms with Crippen molar-refractivity contribution >= 4 is 28.9 Å². The van der Waals surface area contributed by atoms with Gasteiger partial charge in [0, 0.05) is 42.3 Å². The van der Waals surface area contributed by atoms with Crippen molar-refractivity contribution in [2.24, 2.45) is 0 Å². The third-order valence-corrected chi connectivity index (χ3v) is 7.72. The highest BCUT2D eigenvalue weighted by molar-refractivity contribution is 7.80. The highest BCUT2D eigenvalue weighted by Crippen LogP contribution is 2.43. The number of hydrogen-bond acceptors (Lipinski definition) is 3. The van der Waals surface area contributed by atoms with Crippen molar-refractivity contribution in [1.29, 1.82) is 0 Å². The monoisotopic (exact) mass is 487 g/mol. The van der Waals surface area contributed by atoms with Crippen LogP contribution in [0.1, 0.15) is 72.9 Å². The van der Waals surface area contributed by atoms with E-state index in [1.807, 2.05) is 48.7 Å². The van der Waals surface area contributed by atoms with E-state index in [4.69, 9.17) is 12.2 Å². The number of nitrogens with zero attached hydrogens (tertiary/aromatic N) is 3. The zero-order valence-electron chi connectivity index (χ0n) is 20.4. The lowest BCUT2D eigenvalue weighted by Crippen LogP contribution is -2.33. The van der Waals surface area contributed by atoms with Gasteiger partial charge in [-0.2, -0.15) is 0 Å². The highest BCUT2D eigenvalue weighted by atomic mass is 32.1. The summed E-state index contributed by atoms with van der Waals surface area (Å²) in [4.78, 5) is 19.6. The number of rotatable bonds is 7. The highest BCUT2D eigenvalue weighted by Gasteiger charge is 2.41. The Balaban J connectivity index is 1.44. The molecule has 6 nitrogen and oxygen atoms in total. The molecule has 0 unspecified atom stereocenters. The molecule has 1 saturated carbocycles. The Morgan fingerprint density at radius 1 is 1.11 bits per heavy atom. The second kappa shape index (κ2) is 10.2. The fourth-order valence-corrected chi connectivity index (χ4v) is 6.11. The molecule has 2 N–H and O–H groups in total. The lowest BCUT2D eigenvalue weighted by Gasteiger charge is -2.28. The van der Waals surface area contributed by atoms with E-state index < -0.39 is 0 Å². The van der Waals surface area contributed by atoms with Gasteiger partial charge in [-0.1, -0.05) is 37.1 Å². The summed E-state index contributed by atoms with van der Waals surface area (Å²) in [5, 5.41) is 7.19. The van der Waals surface area contributed by atoms with Gasteiger partial charge < -0.3 is 20.1 Å². The van der Waals surface area contributed by atoms with Crippen molar-refractivity contribution in [3.8, 4) is 0 Å². The van der Waals surface area contributed by atoms with Crippen molar-refractivity contribution in [2.75, 3.05) is 11.9 Å². The first-order chi connectivity index (χ1) is 17.0. The van der Waals surface area contributed by atoms with E-state index in [1.165, 1.54) is 42.6 Å². The van der Waals surface area contributed by atoms with Gasteiger partial charge in [-0.05, 0) is 74.8 Å². The van der Waals surface area contributed by atoms with Gasteiger partial charge in [0.2, 0.25) is 5.91 Å². The minimum Gasteiger partial charge on any atom is -0.352 e. The number of benzene rings is 1. The van der Waals surface area contributed by atoms with E-state index in [-0.39, 0.29) is 18.0 Å². The number of para-hydroxylation sites is 1. The van der Waals surface area contributed by atoms with Gasteiger partial charge in [0.1, 0.15) is 0 Å². The quantitative estimate of drug-likeness (QED) is 0.424. The van der Waals surface area contributed by atoms with Crippen LogP contribution in [0.4, 0.5) is 5.69 Å². The van der Waals surface area contributed by atoms with Gasteiger partial charge in [0.15, 0.2) is 5.11 Å². The van der Waals surface area contributed by atoms with Gasteiger partial charge in [-0.3, -0.25) is 9.78 Å². The maximum absolute atomic E-state index is 12.8. The molecule has 182 valence electrons. The lowest BCUT2D eigenvalue weighted by atomic mass is 9.96. The number of nitrogens with one attached hydrogen (secondary N) is 2. The van der Waals surface area contributed by atoms with Crippen LogP contribution in [-0.4, -0.2) is 32.0 Å². The predicted molar refractivity (Wildman–Crippen MR) is 143 cm³/mol. The maximum atomic E-state index is 12.8. The van der Waals surface area contributed by atoms with Crippen LogP contribution in [0.3, 0.4) is 0 Å². The van der Waals surface area contributed by atoms with Gasteiger partial charge in [0.05, 0.1) is 17.8 Å². The average Bonchev–Trinajstić information content (AvgIpc) is 3.57. The number of thiocarbonyl (C=S) groups is 1. The van der Waals surface area contributed by atoms with Crippen LogP contribution in [0.25, 0.3) is 0 Å². The SMILES string of the molecule is Cc1cc([C@H]2[C@H](c3ccccn3)NC(=S)N2CCC(=O)Nc2ccccc2)c(C)n1C1CCCC1. The Hall–Kier alpha value is -3.19. The molecule has 2 aromatic heterocycles. The Kier molecular flexibility index (Phi) is 6.86. The fourth-order valence-electron chi connectivity index (χ4n) is 5.78. The molecule has 1 aliphatic carbocycles.